The van der Waals surface area contributed by atoms with E-state index in [2.05, 4.69) is 5.32 Å². The van der Waals surface area contributed by atoms with Crippen LogP contribution in [0.4, 0.5) is 0 Å². The van der Waals surface area contributed by atoms with Crippen LogP contribution in [0, 0.1) is 0 Å². The highest BCUT2D eigenvalue weighted by molar-refractivity contribution is 5.73. The van der Waals surface area contributed by atoms with E-state index < -0.39 is 12.0 Å². The number of hydrogen-bond donors (Lipinski definition) is 2. The van der Waals surface area contributed by atoms with Gasteiger partial charge in [-0.1, -0.05) is 30.3 Å². The quantitative estimate of drug-likeness (QED) is 0.783. The molecule has 5 nitrogen and oxygen atoms in total. The van der Waals surface area contributed by atoms with Gasteiger partial charge in [-0.15, -0.1) is 0 Å². The molecule has 0 aliphatic rings. The Balaban J connectivity index is 2.05. The first-order valence-electron chi connectivity index (χ1n) is 7.34. The highest BCUT2D eigenvalue weighted by Crippen LogP contribution is 2.22. The first-order valence-corrected chi connectivity index (χ1v) is 7.34. The molecule has 0 fully saturated rings. The van der Waals surface area contributed by atoms with Gasteiger partial charge in [-0.05, 0) is 29.7 Å². The van der Waals surface area contributed by atoms with Gasteiger partial charge in [0.25, 0.3) is 0 Å². The first kappa shape index (κ1) is 16.8. The standard InChI is InChI=1S/C18H21NO4/c1-22-15-8-14(9-16(11-15)23-2)12-19-17(18(20)21)10-13-6-4-3-5-7-13/h3-9,11,17,19H,10,12H2,1-2H3,(H,20,21)/t17-/m1/s1. The Kier molecular flexibility index (Phi) is 6.00. The number of hydrogen-bond acceptors (Lipinski definition) is 4. The minimum atomic E-state index is -0.872. The summed E-state index contributed by atoms with van der Waals surface area (Å²) in [5, 5.41) is 12.5. The second-order valence-corrected chi connectivity index (χ2v) is 5.18. The summed E-state index contributed by atoms with van der Waals surface area (Å²) in [6, 6.07) is 14.4. The van der Waals surface area contributed by atoms with Crippen LogP contribution < -0.4 is 14.8 Å². The van der Waals surface area contributed by atoms with E-state index in [0.29, 0.717) is 24.5 Å². The van der Waals surface area contributed by atoms with Crippen molar-refractivity contribution in [3.8, 4) is 11.5 Å². The van der Waals surface area contributed by atoms with Gasteiger partial charge in [0.1, 0.15) is 17.5 Å². The molecule has 2 N–H and O–H groups in total. The number of carboxylic acid groups (broad SMARTS) is 1. The van der Waals surface area contributed by atoms with E-state index in [1.807, 2.05) is 42.5 Å². The number of carboxylic acids is 1. The lowest BCUT2D eigenvalue weighted by Gasteiger charge is -2.15. The van der Waals surface area contributed by atoms with Gasteiger partial charge in [-0.3, -0.25) is 4.79 Å². The minimum Gasteiger partial charge on any atom is -0.497 e. The monoisotopic (exact) mass is 315 g/mol. The van der Waals surface area contributed by atoms with E-state index in [4.69, 9.17) is 9.47 Å². The second-order valence-electron chi connectivity index (χ2n) is 5.18. The molecule has 0 radical (unpaired) electrons. The average Bonchev–Trinajstić information content (AvgIpc) is 2.58. The molecule has 0 aliphatic heterocycles. The molecule has 0 aromatic heterocycles. The van der Waals surface area contributed by atoms with Crippen LogP contribution in [0.2, 0.25) is 0 Å². The number of benzene rings is 2. The molecule has 1 atom stereocenters. The fourth-order valence-electron chi connectivity index (χ4n) is 2.31. The summed E-state index contributed by atoms with van der Waals surface area (Å²) in [5.41, 5.74) is 1.89. The van der Waals surface area contributed by atoms with Crippen molar-refractivity contribution < 1.29 is 19.4 Å². The summed E-state index contributed by atoms with van der Waals surface area (Å²) in [4.78, 5) is 11.5. The zero-order chi connectivity index (χ0) is 16.7. The third-order valence-electron chi connectivity index (χ3n) is 3.54. The Hall–Kier alpha value is -2.53. The zero-order valence-corrected chi connectivity index (χ0v) is 13.3. The molecule has 5 heteroatoms. The molecule has 23 heavy (non-hydrogen) atoms. The van der Waals surface area contributed by atoms with E-state index in [1.165, 1.54) is 0 Å². The predicted octanol–water partition coefficient (Wildman–Crippen LogP) is 2.49. The Labute approximate surface area is 135 Å². The third kappa shape index (κ3) is 5.00. The maximum atomic E-state index is 11.5. The van der Waals surface area contributed by atoms with E-state index in [9.17, 15) is 9.90 Å². The molecule has 0 heterocycles. The molecule has 0 saturated heterocycles. The number of ether oxygens (including phenoxy) is 2. The van der Waals surface area contributed by atoms with E-state index in [0.717, 1.165) is 11.1 Å². The van der Waals surface area contributed by atoms with Gasteiger partial charge in [0.15, 0.2) is 0 Å². The van der Waals surface area contributed by atoms with Crippen molar-refractivity contribution >= 4 is 5.97 Å². The van der Waals surface area contributed by atoms with Crippen molar-refractivity contribution in [2.45, 2.75) is 19.0 Å². The fraction of sp³-hybridized carbons (Fsp3) is 0.278. The molecule has 0 saturated carbocycles. The Morgan fingerprint density at radius 1 is 1.04 bits per heavy atom. The number of rotatable bonds is 8. The van der Waals surface area contributed by atoms with Crippen molar-refractivity contribution in [1.29, 1.82) is 0 Å². The second kappa shape index (κ2) is 8.19. The summed E-state index contributed by atoms with van der Waals surface area (Å²) >= 11 is 0. The highest BCUT2D eigenvalue weighted by atomic mass is 16.5. The molecule has 0 unspecified atom stereocenters. The highest BCUT2D eigenvalue weighted by Gasteiger charge is 2.17. The van der Waals surface area contributed by atoms with Crippen LogP contribution in [-0.2, 0) is 17.8 Å². The van der Waals surface area contributed by atoms with Crippen molar-refractivity contribution in [3.63, 3.8) is 0 Å². The van der Waals surface area contributed by atoms with E-state index >= 15 is 0 Å². The SMILES string of the molecule is COc1cc(CN[C@H](Cc2ccccc2)C(=O)O)cc(OC)c1. The fourth-order valence-corrected chi connectivity index (χ4v) is 2.31. The summed E-state index contributed by atoms with van der Waals surface area (Å²) in [6.45, 7) is 0.414. The van der Waals surface area contributed by atoms with Crippen LogP contribution >= 0.6 is 0 Å². The van der Waals surface area contributed by atoms with Crippen LogP contribution in [-0.4, -0.2) is 31.3 Å². The van der Waals surface area contributed by atoms with Crippen LogP contribution in [0.5, 0.6) is 11.5 Å². The van der Waals surface area contributed by atoms with Crippen molar-refractivity contribution in [2.75, 3.05) is 14.2 Å². The van der Waals surface area contributed by atoms with Gasteiger partial charge < -0.3 is 19.9 Å². The zero-order valence-electron chi connectivity index (χ0n) is 13.3. The number of nitrogens with one attached hydrogen (secondary N) is 1. The largest absolute Gasteiger partial charge is 0.497 e. The first-order chi connectivity index (χ1) is 11.1. The normalized spacial score (nSPS) is 11.7. The molecular formula is C18H21NO4. The van der Waals surface area contributed by atoms with E-state index in [-0.39, 0.29) is 0 Å². The van der Waals surface area contributed by atoms with Crippen LogP contribution in [0.15, 0.2) is 48.5 Å². The molecule has 0 bridgehead atoms. The summed E-state index contributed by atoms with van der Waals surface area (Å²) < 4.78 is 10.4. The molecular weight excluding hydrogens is 294 g/mol. The Bertz CT molecular complexity index is 620. The average molecular weight is 315 g/mol. The lowest BCUT2D eigenvalue weighted by molar-refractivity contribution is -0.139. The van der Waals surface area contributed by atoms with Gasteiger partial charge >= 0.3 is 5.97 Å². The van der Waals surface area contributed by atoms with Crippen LogP contribution in [0.3, 0.4) is 0 Å². The number of methoxy groups -OCH3 is 2. The molecule has 0 amide bonds. The molecule has 2 aromatic rings. The Morgan fingerprint density at radius 3 is 2.17 bits per heavy atom. The van der Waals surface area contributed by atoms with Crippen molar-refractivity contribution in [3.05, 3.63) is 59.7 Å². The summed E-state index contributed by atoms with van der Waals surface area (Å²) in [5.74, 6) is 0.482. The number of carbonyl (C=O) groups is 1. The number of aliphatic carboxylic acids is 1. The summed E-state index contributed by atoms with van der Waals surface area (Å²) in [7, 11) is 3.17. The van der Waals surface area contributed by atoms with Gasteiger partial charge in [0, 0.05) is 12.6 Å². The van der Waals surface area contributed by atoms with Gasteiger partial charge in [-0.25, -0.2) is 0 Å². The van der Waals surface area contributed by atoms with Crippen LogP contribution in [0.1, 0.15) is 11.1 Å². The molecule has 0 aliphatic carbocycles. The molecule has 2 rings (SSSR count). The maximum absolute atomic E-state index is 11.5. The van der Waals surface area contributed by atoms with Gasteiger partial charge in [0.05, 0.1) is 14.2 Å². The topological polar surface area (TPSA) is 67.8 Å². The van der Waals surface area contributed by atoms with Gasteiger partial charge in [0.2, 0.25) is 0 Å². The summed E-state index contributed by atoms with van der Waals surface area (Å²) in [6.07, 6.45) is 0.428. The third-order valence-corrected chi connectivity index (χ3v) is 3.54. The minimum absolute atomic E-state index is 0.414. The lowest BCUT2D eigenvalue weighted by atomic mass is 10.1. The Morgan fingerprint density at radius 2 is 1.65 bits per heavy atom. The van der Waals surface area contributed by atoms with Gasteiger partial charge in [-0.2, -0.15) is 0 Å². The molecule has 2 aromatic carbocycles. The smallest absolute Gasteiger partial charge is 0.321 e. The maximum Gasteiger partial charge on any atom is 0.321 e. The molecule has 122 valence electrons. The van der Waals surface area contributed by atoms with Crippen molar-refractivity contribution in [2.24, 2.45) is 0 Å². The predicted molar refractivity (Wildman–Crippen MR) is 88.0 cm³/mol. The molecule has 0 spiro atoms. The van der Waals surface area contributed by atoms with Crippen LogP contribution in [0.25, 0.3) is 0 Å². The van der Waals surface area contributed by atoms with E-state index in [1.54, 1.807) is 20.3 Å². The lowest BCUT2D eigenvalue weighted by Crippen LogP contribution is -2.38. The van der Waals surface area contributed by atoms with Crippen molar-refractivity contribution in [1.82, 2.24) is 5.32 Å².